The first-order valence-corrected chi connectivity index (χ1v) is 5.80. The smallest absolute Gasteiger partial charge is 0.359 e. The average molecular weight is 253 g/mol. The minimum atomic E-state index is -0.747. The number of halogens is 1. The number of rotatable bonds is 2. The van der Waals surface area contributed by atoms with E-state index in [1.165, 1.54) is 13.2 Å². The lowest BCUT2D eigenvalue weighted by Crippen LogP contribution is -2.44. The lowest BCUT2D eigenvalue weighted by atomic mass is 10.3. The fourth-order valence-corrected chi connectivity index (χ4v) is 1.88. The van der Waals surface area contributed by atoms with E-state index in [0.29, 0.717) is 5.82 Å². The highest BCUT2D eigenvalue weighted by Gasteiger charge is 2.19. The fraction of sp³-hybridized carbons (Fsp3) is 0.500. The number of pyridine rings is 1. The number of piperazine rings is 1. The lowest BCUT2D eigenvalue weighted by Gasteiger charge is -2.33. The van der Waals surface area contributed by atoms with E-state index in [9.17, 15) is 9.18 Å². The molecule has 2 rings (SSSR count). The normalized spacial score (nSPS) is 16.7. The summed E-state index contributed by atoms with van der Waals surface area (Å²) in [4.78, 5) is 19.7. The molecule has 5 nitrogen and oxygen atoms in total. The summed E-state index contributed by atoms with van der Waals surface area (Å²) in [5.74, 6) is -0.784. The summed E-state index contributed by atoms with van der Waals surface area (Å²) in [6.45, 7) is 3.48. The van der Waals surface area contributed by atoms with Gasteiger partial charge in [0.2, 0.25) is 0 Å². The molecule has 0 N–H and O–H groups in total. The standard InChI is InChI=1S/C12H16FN3O2/c1-15-5-7-16(8-6-15)10-4-3-9(13)11(14-10)12(17)18-2/h3-4H,5-8H2,1-2H3. The van der Waals surface area contributed by atoms with Crippen LogP contribution in [0.2, 0.25) is 0 Å². The van der Waals surface area contributed by atoms with Gasteiger partial charge in [-0.25, -0.2) is 14.2 Å². The molecule has 0 saturated carbocycles. The Hall–Kier alpha value is -1.69. The number of hydrogen-bond acceptors (Lipinski definition) is 5. The van der Waals surface area contributed by atoms with Gasteiger partial charge in [-0.2, -0.15) is 0 Å². The molecule has 0 aliphatic carbocycles. The van der Waals surface area contributed by atoms with Crippen molar-refractivity contribution in [2.24, 2.45) is 0 Å². The van der Waals surface area contributed by atoms with Gasteiger partial charge < -0.3 is 14.5 Å². The monoisotopic (exact) mass is 253 g/mol. The lowest BCUT2D eigenvalue weighted by molar-refractivity contribution is 0.0588. The van der Waals surface area contributed by atoms with Gasteiger partial charge in [0.15, 0.2) is 11.5 Å². The predicted molar refractivity (Wildman–Crippen MR) is 65.2 cm³/mol. The first-order valence-electron chi connectivity index (χ1n) is 5.80. The number of esters is 1. The van der Waals surface area contributed by atoms with Gasteiger partial charge in [-0.1, -0.05) is 0 Å². The zero-order valence-corrected chi connectivity index (χ0v) is 10.5. The van der Waals surface area contributed by atoms with Gasteiger partial charge in [0.1, 0.15) is 5.82 Å². The van der Waals surface area contributed by atoms with Crippen molar-refractivity contribution in [2.75, 3.05) is 45.2 Å². The summed E-state index contributed by atoms with van der Waals surface area (Å²) < 4.78 is 18.0. The summed E-state index contributed by atoms with van der Waals surface area (Å²) in [5, 5.41) is 0. The van der Waals surface area contributed by atoms with Crippen molar-refractivity contribution in [1.29, 1.82) is 0 Å². The first kappa shape index (κ1) is 12.8. The van der Waals surface area contributed by atoms with E-state index in [0.717, 1.165) is 26.2 Å². The zero-order valence-electron chi connectivity index (χ0n) is 10.5. The maximum absolute atomic E-state index is 13.4. The molecule has 0 radical (unpaired) electrons. The number of methoxy groups -OCH3 is 1. The van der Waals surface area contributed by atoms with E-state index >= 15 is 0 Å². The van der Waals surface area contributed by atoms with Crippen LogP contribution in [0.25, 0.3) is 0 Å². The van der Waals surface area contributed by atoms with Crippen LogP contribution < -0.4 is 4.90 Å². The zero-order chi connectivity index (χ0) is 13.1. The van der Waals surface area contributed by atoms with E-state index in [-0.39, 0.29) is 5.69 Å². The SMILES string of the molecule is COC(=O)c1nc(N2CCN(C)CC2)ccc1F. The third kappa shape index (κ3) is 2.59. The molecular formula is C12H16FN3O2. The largest absolute Gasteiger partial charge is 0.464 e. The second kappa shape index (κ2) is 5.30. The minimum absolute atomic E-state index is 0.256. The molecular weight excluding hydrogens is 237 g/mol. The number of hydrogen-bond donors (Lipinski definition) is 0. The second-order valence-electron chi connectivity index (χ2n) is 4.28. The van der Waals surface area contributed by atoms with Crippen LogP contribution in [0.3, 0.4) is 0 Å². The van der Waals surface area contributed by atoms with Crippen molar-refractivity contribution in [3.8, 4) is 0 Å². The third-order valence-electron chi connectivity index (χ3n) is 3.04. The Labute approximate surface area is 105 Å². The van der Waals surface area contributed by atoms with E-state index in [2.05, 4.69) is 21.7 Å². The van der Waals surface area contributed by atoms with Crippen molar-refractivity contribution < 1.29 is 13.9 Å². The van der Waals surface area contributed by atoms with Crippen molar-refractivity contribution >= 4 is 11.8 Å². The Morgan fingerprint density at radius 2 is 2.00 bits per heavy atom. The Morgan fingerprint density at radius 3 is 2.61 bits per heavy atom. The molecule has 1 saturated heterocycles. The van der Waals surface area contributed by atoms with Gasteiger partial charge in [-0.15, -0.1) is 0 Å². The molecule has 1 aliphatic heterocycles. The van der Waals surface area contributed by atoms with Crippen molar-refractivity contribution in [1.82, 2.24) is 9.88 Å². The molecule has 18 heavy (non-hydrogen) atoms. The van der Waals surface area contributed by atoms with Crippen LogP contribution in [0.15, 0.2) is 12.1 Å². The Kier molecular flexibility index (Phi) is 3.76. The van der Waals surface area contributed by atoms with Crippen LogP contribution in [-0.4, -0.2) is 56.2 Å². The van der Waals surface area contributed by atoms with Crippen molar-refractivity contribution in [2.45, 2.75) is 0 Å². The summed E-state index contributed by atoms with van der Waals surface area (Å²) >= 11 is 0. The Balaban J connectivity index is 2.21. The molecule has 98 valence electrons. The molecule has 6 heteroatoms. The molecule has 0 atom stereocenters. The third-order valence-corrected chi connectivity index (χ3v) is 3.04. The summed E-state index contributed by atoms with van der Waals surface area (Å²) in [5.41, 5.74) is -0.256. The molecule has 0 aromatic carbocycles. The van der Waals surface area contributed by atoms with E-state index in [1.807, 2.05) is 4.90 Å². The number of ether oxygens (including phenoxy) is 1. The van der Waals surface area contributed by atoms with Gasteiger partial charge in [0, 0.05) is 26.2 Å². The second-order valence-corrected chi connectivity index (χ2v) is 4.28. The Bertz CT molecular complexity index is 445. The van der Waals surface area contributed by atoms with Gasteiger partial charge in [0.25, 0.3) is 0 Å². The topological polar surface area (TPSA) is 45.7 Å². The number of nitrogens with zero attached hydrogens (tertiary/aromatic N) is 3. The number of aromatic nitrogens is 1. The highest BCUT2D eigenvalue weighted by molar-refractivity contribution is 5.87. The highest BCUT2D eigenvalue weighted by atomic mass is 19.1. The quantitative estimate of drug-likeness (QED) is 0.728. The molecule has 1 aromatic heterocycles. The molecule has 1 aromatic rings. The van der Waals surface area contributed by atoms with E-state index in [4.69, 9.17) is 0 Å². The van der Waals surface area contributed by atoms with Crippen LogP contribution in [0.5, 0.6) is 0 Å². The number of anilines is 1. The molecule has 0 bridgehead atoms. The van der Waals surface area contributed by atoms with Crippen LogP contribution in [0.1, 0.15) is 10.5 Å². The van der Waals surface area contributed by atoms with Crippen LogP contribution in [0, 0.1) is 5.82 Å². The highest BCUT2D eigenvalue weighted by Crippen LogP contribution is 2.16. The van der Waals surface area contributed by atoms with Crippen molar-refractivity contribution in [3.63, 3.8) is 0 Å². The molecule has 2 heterocycles. The van der Waals surface area contributed by atoms with Gasteiger partial charge >= 0.3 is 5.97 Å². The molecule has 0 spiro atoms. The van der Waals surface area contributed by atoms with Crippen molar-refractivity contribution in [3.05, 3.63) is 23.6 Å². The molecule has 1 fully saturated rings. The summed E-state index contributed by atoms with van der Waals surface area (Å²) in [7, 11) is 3.27. The maximum atomic E-state index is 13.4. The molecule has 0 amide bonds. The Morgan fingerprint density at radius 1 is 1.33 bits per heavy atom. The first-order chi connectivity index (χ1) is 8.61. The molecule has 0 unspecified atom stereocenters. The maximum Gasteiger partial charge on any atom is 0.359 e. The van der Waals surface area contributed by atoms with Gasteiger partial charge in [-0.3, -0.25) is 0 Å². The van der Waals surface area contributed by atoms with E-state index < -0.39 is 11.8 Å². The predicted octanol–water partition coefficient (Wildman–Crippen LogP) is 0.759. The van der Waals surface area contributed by atoms with E-state index in [1.54, 1.807) is 6.07 Å². The molecule has 1 aliphatic rings. The minimum Gasteiger partial charge on any atom is -0.464 e. The van der Waals surface area contributed by atoms with Crippen LogP contribution >= 0.6 is 0 Å². The fourth-order valence-electron chi connectivity index (χ4n) is 1.88. The van der Waals surface area contributed by atoms with Crippen LogP contribution in [-0.2, 0) is 4.74 Å². The van der Waals surface area contributed by atoms with Gasteiger partial charge in [0.05, 0.1) is 7.11 Å². The summed E-state index contributed by atoms with van der Waals surface area (Å²) in [6, 6.07) is 2.85. The number of carbonyl (C=O) groups excluding carboxylic acids is 1. The number of likely N-dealkylation sites (N-methyl/N-ethyl adjacent to an activating group) is 1. The summed E-state index contributed by atoms with van der Waals surface area (Å²) in [6.07, 6.45) is 0. The average Bonchev–Trinajstić information content (AvgIpc) is 2.39. The van der Waals surface area contributed by atoms with Gasteiger partial charge in [-0.05, 0) is 19.2 Å². The van der Waals surface area contributed by atoms with Crippen LogP contribution in [0.4, 0.5) is 10.2 Å². The number of carbonyl (C=O) groups is 1.